The van der Waals surface area contributed by atoms with E-state index in [-0.39, 0.29) is 11.5 Å². The Bertz CT molecular complexity index is 511. The quantitative estimate of drug-likeness (QED) is 0.0998. The number of hydrogen-bond acceptors (Lipinski definition) is 11. The summed E-state index contributed by atoms with van der Waals surface area (Å²) in [6.07, 6.45) is -3.06. The van der Waals surface area contributed by atoms with E-state index >= 15 is 0 Å². The van der Waals surface area contributed by atoms with Crippen molar-refractivity contribution in [3.05, 3.63) is 0 Å². The van der Waals surface area contributed by atoms with Gasteiger partial charge in [-0.25, -0.2) is 0 Å². The molecule has 4 N–H and O–H groups in total. The molecule has 24 heavy (non-hydrogen) atoms. The largest absolute Gasteiger partial charge is 0.714 e. The third-order valence-electron chi connectivity index (χ3n) is 3.33. The lowest BCUT2D eigenvalue weighted by atomic mass is 10.0. The van der Waals surface area contributed by atoms with Crippen LogP contribution in [-0.4, -0.2) is 74.9 Å². The molecular formula is C12H22NO9S2-. The minimum atomic E-state index is -5.02. The fourth-order valence-electron chi connectivity index (χ4n) is 2.04. The summed E-state index contributed by atoms with van der Waals surface area (Å²) in [5.74, 6) is 0. The lowest BCUT2D eigenvalue weighted by Gasteiger charge is -2.39. The number of oxime groups is 1. The zero-order chi connectivity index (χ0) is 18.3. The molecule has 0 spiro atoms. The predicted molar refractivity (Wildman–Crippen MR) is 83.7 cm³/mol. The van der Waals surface area contributed by atoms with E-state index in [1.807, 2.05) is 6.92 Å². The molecule has 0 aromatic rings. The van der Waals surface area contributed by atoms with Crippen LogP contribution in [0.15, 0.2) is 5.16 Å². The van der Waals surface area contributed by atoms with Crippen LogP contribution in [0.4, 0.5) is 0 Å². The molecule has 0 unspecified atom stereocenters. The normalized spacial score (nSPS) is 31.9. The number of thioether (sulfide) groups is 1. The fraction of sp³-hybridized carbons (Fsp3) is 0.917. The molecule has 5 atom stereocenters. The Hall–Kier alpha value is -0.470. The third-order valence-corrected chi connectivity index (χ3v) is 4.76. The van der Waals surface area contributed by atoms with Crippen LogP contribution < -0.4 is 0 Å². The minimum absolute atomic E-state index is 0.0761. The smallest absolute Gasteiger partial charge is 0.284 e. The van der Waals surface area contributed by atoms with Crippen LogP contribution in [0.2, 0.25) is 0 Å². The van der Waals surface area contributed by atoms with Crippen molar-refractivity contribution in [3.63, 3.8) is 0 Å². The first-order valence-corrected chi connectivity index (χ1v) is 9.59. The second-order valence-corrected chi connectivity index (χ2v) is 7.38. The van der Waals surface area contributed by atoms with Crippen molar-refractivity contribution < 1.29 is 42.4 Å². The Kier molecular flexibility index (Phi) is 8.87. The molecule has 0 bridgehead atoms. The molecule has 142 valence electrons. The molecule has 0 aromatic carbocycles. The number of aliphatic hydroxyl groups excluding tert-OH is 4. The first-order valence-electron chi connectivity index (χ1n) is 7.38. The molecule has 0 aliphatic carbocycles. The highest BCUT2D eigenvalue weighted by atomic mass is 32.3. The lowest BCUT2D eigenvalue weighted by Crippen LogP contribution is -2.57. The summed E-state index contributed by atoms with van der Waals surface area (Å²) in [5.41, 5.74) is -1.13. The van der Waals surface area contributed by atoms with Crippen LogP contribution in [0, 0.1) is 0 Å². The third kappa shape index (κ3) is 6.80. The highest BCUT2D eigenvalue weighted by Crippen LogP contribution is 2.30. The molecule has 1 fully saturated rings. The van der Waals surface area contributed by atoms with Gasteiger partial charge in [0.05, 0.1) is 6.61 Å². The van der Waals surface area contributed by atoms with Crippen LogP contribution in [0.25, 0.3) is 0 Å². The van der Waals surface area contributed by atoms with Crippen LogP contribution in [0.1, 0.15) is 32.6 Å². The fourth-order valence-corrected chi connectivity index (χ4v) is 3.38. The average Bonchev–Trinajstić information content (AvgIpc) is 2.52. The van der Waals surface area contributed by atoms with E-state index in [2.05, 4.69) is 9.44 Å². The Morgan fingerprint density at radius 3 is 2.46 bits per heavy atom. The van der Waals surface area contributed by atoms with Crippen LogP contribution >= 0.6 is 11.8 Å². The molecule has 0 saturated carbocycles. The first kappa shape index (κ1) is 21.6. The van der Waals surface area contributed by atoms with Gasteiger partial charge < -0.3 is 29.7 Å². The van der Waals surface area contributed by atoms with E-state index in [4.69, 9.17) is 9.84 Å². The number of aliphatic hydroxyl groups is 4. The second-order valence-electron chi connectivity index (χ2n) is 5.24. The number of ether oxygens (including phenoxy) is 1. The van der Waals surface area contributed by atoms with E-state index in [0.717, 1.165) is 24.6 Å². The summed E-state index contributed by atoms with van der Waals surface area (Å²) < 4.78 is 40.8. The molecule has 1 saturated heterocycles. The van der Waals surface area contributed by atoms with Gasteiger partial charge in [0.2, 0.25) is 0 Å². The molecule has 10 nitrogen and oxygen atoms in total. The van der Waals surface area contributed by atoms with Crippen molar-refractivity contribution in [3.8, 4) is 0 Å². The summed E-state index contributed by atoms with van der Waals surface area (Å²) in [7, 11) is -5.02. The number of nitrogens with zero attached hydrogens (tertiary/aromatic N) is 1. The van der Waals surface area contributed by atoms with Crippen molar-refractivity contribution >= 4 is 27.2 Å². The van der Waals surface area contributed by atoms with Gasteiger partial charge in [0.15, 0.2) is 0 Å². The SMILES string of the molecule is CCCCC/C(=N/OS(=O)(=O)[O-])S[C@@H]1O[C@H](CO)[C@@H](O)[C@H](O)[C@H]1O. The number of hydrogen-bond donors (Lipinski definition) is 4. The van der Waals surface area contributed by atoms with E-state index < -0.39 is 46.9 Å². The lowest BCUT2D eigenvalue weighted by molar-refractivity contribution is -0.205. The van der Waals surface area contributed by atoms with E-state index in [1.165, 1.54) is 0 Å². The Labute approximate surface area is 144 Å². The number of rotatable bonds is 8. The maximum Gasteiger partial charge on any atom is 0.284 e. The molecule has 1 rings (SSSR count). The molecule has 1 heterocycles. The monoisotopic (exact) mass is 388 g/mol. The maximum atomic E-state index is 10.5. The maximum absolute atomic E-state index is 10.5. The highest BCUT2D eigenvalue weighted by molar-refractivity contribution is 8.14. The summed E-state index contributed by atoms with van der Waals surface area (Å²) in [4.78, 5) is 0. The first-order chi connectivity index (χ1) is 11.2. The van der Waals surface area contributed by atoms with Gasteiger partial charge in [-0.05, 0) is 12.8 Å². The van der Waals surface area contributed by atoms with Crippen molar-refractivity contribution in [1.29, 1.82) is 0 Å². The van der Waals surface area contributed by atoms with Crippen LogP contribution in [0.5, 0.6) is 0 Å². The summed E-state index contributed by atoms with van der Waals surface area (Å²) >= 11 is 0.757. The van der Waals surface area contributed by atoms with Gasteiger partial charge >= 0.3 is 0 Å². The van der Waals surface area contributed by atoms with Gasteiger partial charge in [-0.3, -0.25) is 4.28 Å². The number of unbranched alkanes of at least 4 members (excludes halogenated alkanes) is 2. The average molecular weight is 388 g/mol. The van der Waals surface area contributed by atoms with Crippen molar-refractivity contribution in [1.82, 2.24) is 0 Å². The van der Waals surface area contributed by atoms with Gasteiger partial charge in [0, 0.05) is 0 Å². The Morgan fingerprint density at radius 2 is 1.92 bits per heavy atom. The van der Waals surface area contributed by atoms with Gasteiger partial charge in [0.1, 0.15) is 34.9 Å². The molecule has 1 aliphatic rings. The van der Waals surface area contributed by atoms with Gasteiger partial charge in [-0.1, -0.05) is 36.7 Å². The molecular weight excluding hydrogens is 366 g/mol. The topological polar surface area (TPSA) is 169 Å². The molecule has 0 amide bonds. The van der Waals surface area contributed by atoms with E-state index in [9.17, 15) is 28.3 Å². The van der Waals surface area contributed by atoms with Crippen LogP contribution in [0.3, 0.4) is 0 Å². The van der Waals surface area contributed by atoms with Crippen molar-refractivity contribution in [2.75, 3.05) is 6.61 Å². The van der Waals surface area contributed by atoms with Gasteiger partial charge in [-0.15, -0.1) is 0 Å². The van der Waals surface area contributed by atoms with Crippen LogP contribution in [-0.2, 0) is 19.4 Å². The van der Waals surface area contributed by atoms with E-state index in [0.29, 0.717) is 6.42 Å². The summed E-state index contributed by atoms with van der Waals surface area (Å²) in [6, 6.07) is 0. The van der Waals surface area contributed by atoms with Gasteiger partial charge in [-0.2, -0.15) is 8.42 Å². The summed E-state index contributed by atoms with van der Waals surface area (Å²) in [5, 5.41) is 41.9. The van der Waals surface area contributed by atoms with E-state index in [1.54, 1.807) is 0 Å². The molecule has 1 aliphatic heterocycles. The zero-order valence-corrected chi connectivity index (χ0v) is 14.6. The summed E-state index contributed by atoms with van der Waals surface area (Å²) in [6.45, 7) is 1.37. The van der Waals surface area contributed by atoms with Gasteiger partial charge in [0.25, 0.3) is 10.4 Å². The highest BCUT2D eigenvalue weighted by Gasteiger charge is 2.44. The predicted octanol–water partition coefficient (Wildman–Crippen LogP) is -1.11. The zero-order valence-electron chi connectivity index (χ0n) is 13.0. The van der Waals surface area contributed by atoms with Crippen molar-refractivity contribution in [2.45, 2.75) is 62.5 Å². The molecule has 12 heteroatoms. The van der Waals surface area contributed by atoms with Crippen molar-refractivity contribution in [2.24, 2.45) is 5.16 Å². The minimum Gasteiger partial charge on any atom is -0.714 e. The molecule has 0 radical (unpaired) electrons. The second kappa shape index (κ2) is 9.87. The Balaban J connectivity index is 2.82. The standard InChI is InChI=1S/C12H23NO9S2/c1-2-3-4-5-8(13-22-24(18,19)20)23-12-11(17)10(16)9(15)7(6-14)21-12/h7,9-12,14-17H,2-6H2,1H3,(H,18,19,20)/p-1/b13-8-/t7-,9-,10+,11-,12+/m1/s1. The molecule has 0 aromatic heterocycles. The Morgan fingerprint density at radius 1 is 1.25 bits per heavy atom.